The van der Waals surface area contributed by atoms with E-state index in [0.29, 0.717) is 0 Å². The van der Waals surface area contributed by atoms with Gasteiger partial charge in [-0.05, 0) is 66.5 Å². The number of nitrogens with one attached hydrogen (secondary N) is 1. The number of hydrogen-bond acceptors (Lipinski definition) is 4. The van der Waals surface area contributed by atoms with Crippen LogP contribution in [0.2, 0.25) is 0 Å². The molecule has 80 valence electrons. The van der Waals surface area contributed by atoms with E-state index in [2.05, 4.69) is 66.2 Å². The highest BCUT2D eigenvalue weighted by atomic mass is 127. The molecule has 1 atom stereocenters. The molecule has 1 unspecified atom stereocenters. The number of rotatable bonds is 3. The number of thiophene rings is 2. The van der Waals surface area contributed by atoms with Crippen LogP contribution in [0.4, 0.5) is 0 Å². The van der Waals surface area contributed by atoms with E-state index >= 15 is 0 Å². The fourth-order valence-corrected chi connectivity index (χ4v) is 4.29. The summed E-state index contributed by atoms with van der Waals surface area (Å²) in [5.41, 5.74) is 5.26. The summed E-state index contributed by atoms with van der Waals surface area (Å²) in [7, 11) is 0. The first kappa shape index (κ1) is 12.0. The normalized spacial score (nSPS) is 13.0. The highest BCUT2D eigenvalue weighted by molar-refractivity contribution is 14.1. The standard InChI is InChI=1S/C9H8BrIN2S2/c10-7-4-14-3-6(7)9(13-12)5-1-8(11)15-2-5/h1-4,9,13H,12H2. The van der Waals surface area contributed by atoms with Gasteiger partial charge >= 0.3 is 0 Å². The van der Waals surface area contributed by atoms with Crippen molar-refractivity contribution in [3.05, 3.63) is 40.7 Å². The molecule has 2 aromatic rings. The van der Waals surface area contributed by atoms with Crippen molar-refractivity contribution in [1.82, 2.24) is 5.43 Å². The first-order valence-electron chi connectivity index (χ1n) is 4.14. The van der Waals surface area contributed by atoms with E-state index < -0.39 is 0 Å². The molecule has 0 aromatic carbocycles. The van der Waals surface area contributed by atoms with E-state index in [1.54, 1.807) is 22.7 Å². The first-order chi connectivity index (χ1) is 7.22. The van der Waals surface area contributed by atoms with Gasteiger partial charge in [-0.1, -0.05) is 0 Å². The van der Waals surface area contributed by atoms with Crippen molar-refractivity contribution < 1.29 is 0 Å². The molecule has 2 nitrogen and oxygen atoms in total. The molecule has 0 saturated heterocycles. The number of nitrogens with two attached hydrogens (primary N) is 1. The molecule has 2 aromatic heterocycles. The fourth-order valence-electron chi connectivity index (χ4n) is 1.34. The molecule has 0 amide bonds. The van der Waals surface area contributed by atoms with Crippen LogP contribution in [-0.4, -0.2) is 0 Å². The SMILES string of the molecule is NNC(c1csc(I)c1)c1cscc1Br. The molecular formula is C9H8BrIN2S2. The zero-order valence-electron chi connectivity index (χ0n) is 7.54. The molecule has 0 spiro atoms. The summed E-state index contributed by atoms with van der Waals surface area (Å²) in [4.78, 5) is 0. The number of hydrazine groups is 1. The van der Waals surface area contributed by atoms with Gasteiger partial charge in [-0.3, -0.25) is 5.84 Å². The Morgan fingerprint density at radius 1 is 1.40 bits per heavy atom. The smallest absolute Gasteiger partial charge is 0.0737 e. The van der Waals surface area contributed by atoms with Crippen molar-refractivity contribution >= 4 is 61.2 Å². The highest BCUT2D eigenvalue weighted by Gasteiger charge is 2.17. The Morgan fingerprint density at radius 2 is 2.20 bits per heavy atom. The summed E-state index contributed by atoms with van der Waals surface area (Å²) in [5, 5.41) is 6.31. The van der Waals surface area contributed by atoms with Crippen molar-refractivity contribution in [1.29, 1.82) is 0 Å². The van der Waals surface area contributed by atoms with Crippen LogP contribution in [0.25, 0.3) is 0 Å². The van der Waals surface area contributed by atoms with Crippen molar-refractivity contribution in [2.45, 2.75) is 6.04 Å². The molecule has 0 aliphatic rings. The molecule has 0 saturated carbocycles. The third kappa shape index (κ3) is 2.62. The molecule has 0 bridgehead atoms. The van der Waals surface area contributed by atoms with Gasteiger partial charge < -0.3 is 0 Å². The van der Waals surface area contributed by atoms with Crippen LogP contribution >= 0.6 is 61.2 Å². The molecule has 2 rings (SSSR count). The van der Waals surface area contributed by atoms with E-state index in [1.807, 2.05) is 0 Å². The second kappa shape index (κ2) is 5.24. The zero-order chi connectivity index (χ0) is 10.8. The summed E-state index contributed by atoms with van der Waals surface area (Å²) in [6.07, 6.45) is 0. The van der Waals surface area contributed by atoms with Crippen molar-refractivity contribution in [2.24, 2.45) is 5.84 Å². The van der Waals surface area contributed by atoms with Crippen LogP contribution in [-0.2, 0) is 0 Å². The Hall–Kier alpha value is 0.530. The van der Waals surface area contributed by atoms with Gasteiger partial charge in [0.1, 0.15) is 0 Å². The van der Waals surface area contributed by atoms with Crippen LogP contribution < -0.4 is 11.3 Å². The van der Waals surface area contributed by atoms with Gasteiger partial charge in [0.2, 0.25) is 0 Å². The van der Waals surface area contributed by atoms with E-state index in [9.17, 15) is 0 Å². The molecule has 3 N–H and O–H groups in total. The number of halogens is 2. The average Bonchev–Trinajstić information content (AvgIpc) is 2.79. The van der Waals surface area contributed by atoms with E-state index in [1.165, 1.54) is 14.0 Å². The molecular weight excluding hydrogens is 407 g/mol. The average molecular weight is 415 g/mol. The molecule has 0 aliphatic heterocycles. The van der Waals surface area contributed by atoms with Crippen LogP contribution in [0.1, 0.15) is 17.2 Å². The maximum absolute atomic E-state index is 5.61. The van der Waals surface area contributed by atoms with Gasteiger partial charge in [0.25, 0.3) is 0 Å². The summed E-state index contributed by atoms with van der Waals surface area (Å²) < 4.78 is 2.38. The largest absolute Gasteiger partial charge is 0.271 e. The quantitative estimate of drug-likeness (QED) is 0.456. The Balaban J connectivity index is 2.36. The predicted octanol–water partition coefficient (Wildman–Crippen LogP) is 3.73. The predicted molar refractivity (Wildman–Crippen MR) is 78.2 cm³/mol. The van der Waals surface area contributed by atoms with Crippen molar-refractivity contribution in [2.75, 3.05) is 0 Å². The summed E-state index contributed by atoms with van der Waals surface area (Å²) in [5.74, 6) is 5.61. The summed E-state index contributed by atoms with van der Waals surface area (Å²) in [6.45, 7) is 0. The minimum absolute atomic E-state index is 0.0744. The maximum atomic E-state index is 5.61. The third-order valence-corrected chi connectivity index (χ3v) is 5.60. The third-order valence-electron chi connectivity index (χ3n) is 2.04. The van der Waals surface area contributed by atoms with E-state index in [0.717, 1.165) is 4.47 Å². The molecule has 15 heavy (non-hydrogen) atoms. The fraction of sp³-hybridized carbons (Fsp3) is 0.111. The lowest BCUT2D eigenvalue weighted by molar-refractivity contribution is 0.638. The van der Waals surface area contributed by atoms with Crippen LogP contribution in [0.3, 0.4) is 0 Å². The van der Waals surface area contributed by atoms with Gasteiger partial charge in [-0.25, -0.2) is 5.43 Å². The lowest BCUT2D eigenvalue weighted by Crippen LogP contribution is -2.28. The lowest BCUT2D eigenvalue weighted by Gasteiger charge is -2.13. The van der Waals surface area contributed by atoms with E-state index in [-0.39, 0.29) is 6.04 Å². The molecule has 0 aliphatic carbocycles. The van der Waals surface area contributed by atoms with Gasteiger partial charge in [-0.15, -0.1) is 11.3 Å². The topological polar surface area (TPSA) is 38.0 Å². The minimum atomic E-state index is 0.0744. The van der Waals surface area contributed by atoms with Crippen molar-refractivity contribution in [3.8, 4) is 0 Å². The van der Waals surface area contributed by atoms with Gasteiger partial charge in [-0.2, -0.15) is 11.3 Å². The van der Waals surface area contributed by atoms with E-state index in [4.69, 9.17) is 5.84 Å². The number of hydrogen-bond donors (Lipinski definition) is 2. The van der Waals surface area contributed by atoms with Gasteiger partial charge in [0.15, 0.2) is 0 Å². The first-order valence-corrected chi connectivity index (χ1v) is 7.83. The Bertz CT molecular complexity index is 454. The van der Waals surface area contributed by atoms with Crippen LogP contribution in [0.5, 0.6) is 0 Å². The molecule has 0 radical (unpaired) electrons. The van der Waals surface area contributed by atoms with Crippen molar-refractivity contribution in [3.63, 3.8) is 0 Å². The molecule has 0 fully saturated rings. The summed E-state index contributed by atoms with van der Waals surface area (Å²) >= 11 is 9.25. The Labute approximate surface area is 118 Å². The zero-order valence-corrected chi connectivity index (χ0v) is 12.9. The highest BCUT2D eigenvalue weighted by Crippen LogP contribution is 2.33. The van der Waals surface area contributed by atoms with Crippen LogP contribution in [0, 0.1) is 2.88 Å². The van der Waals surface area contributed by atoms with Gasteiger partial charge in [0.05, 0.1) is 8.93 Å². The lowest BCUT2D eigenvalue weighted by atomic mass is 10.1. The van der Waals surface area contributed by atoms with Crippen LogP contribution in [0.15, 0.2) is 26.7 Å². The second-order valence-corrected chi connectivity index (χ2v) is 7.36. The molecule has 6 heteroatoms. The Morgan fingerprint density at radius 3 is 2.67 bits per heavy atom. The molecule has 2 heterocycles. The summed E-state index contributed by atoms with van der Waals surface area (Å²) in [6, 6.07) is 2.23. The maximum Gasteiger partial charge on any atom is 0.0737 e. The Kier molecular flexibility index (Phi) is 4.19. The second-order valence-electron chi connectivity index (χ2n) is 2.96. The minimum Gasteiger partial charge on any atom is -0.271 e. The van der Waals surface area contributed by atoms with Gasteiger partial charge in [0, 0.05) is 9.85 Å². The monoisotopic (exact) mass is 414 g/mol.